The predicted octanol–water partition coefficient (Wildman–Crippen LogP) is 0.112. The molecule has 162 valence electrons. The summed E-state index contributed by atoms with van der Waals surface area (Å²) in [4.78, 5) is 44.2. The van der Waals surface area contributed by atoms with Crippen LogP contribution < -0.4 is 26.7 Å². The maximum atomic E-state index is 12.5. The molecular formula is C20H22N6O5. The molecular weight excluding hydrogens is 404 g/mol. The highest BCUT2D eigenvalue weighted by atomic mass is 16.5. The molecule has 0 aliphatic rings. The first kappa shape index (κ1) is 21.7. The normalized spacial score (nSPS) is 11.6. The molecule has 0 radical (unpaired) electrons. The van der Waals surface area contributed by atoms with Crippen molar-refractivity contribution in [2.75, 3.05) is 25.0 Å². The van der Waals surface area contributed by atoms with E-state index in [2.05, 4.69) is 20.6 Å². The Morgan fingerprint density at radius 3 is 2.71 bits per heavy atom. The SMILES string of the molecule is NCCCOc1ccc2cc(C(=O)NCC(Nc3ncccn3)C(=O)O)cc(=O)n2c1. The second-order valence-electron chi connectivity index (χ2n) is 6.55. The van der Waals surface area contributed by atoms with Gasteiger partial charge in [-0.3, -0.25) is 14.0 Å². The van der Waals surface area contributed by atoms with Gasteiger partial charge in [-0.1, -0.05) is 0 Å². The molecule has 3 aromatic heterocycles. The van der Waals surface area contributed by atoms with Crippen molar-refractivity contribution in [1.82, 2.24) is 19.7 Å². The second-order valence-corrected chi connectivity index (χ2v) is 6.55. The molecule has 1 unspecified atom stereocenters. The third-order valence-electron chi connectivity index (χ3n) is 4.29. The van der Waals surface area contributed by atoms with Gasteiger partial charge in [0.2, 0.25) is 5.95 Å². The van der Waals surface area contributed by atoms with Crippen molar-refractivity contribution in [3.63, 3.8) is 0 Å². The number of hydrogen-bond donors (Lipinski definition) is 4. The van der Waals surface area contributed by atoms with E-state index in [1.165, 1.54) is 28.9 Å². The lowest BCUT2D eigenvalue weighted by Crippen LogP contribution is -2.42. The average molecular weight is 426 g/mol. The molecule has 1 amide bonds. The number of ether oxygens (including phenoxy) is 1. The lowest BCUT2D eigenvalue weighted by atomic mass is 10.2. The molecule has 3 heterocycles. The fraction of sp³-hybridized carbons (Fsp3) is 0.250. The van der Waals surface area contributed by atoms with Gasteiger partial charge in [-0.25, -0.2) is 14.8 Å². The Hall–Kier alpha value is -3.99. The van der Waals surface area contributed by atoms with Crippen molar-refractivity contribution in [3.05, 3.63) is 64.8 Å². The number of pyridine rings is 2. The third kappa shape index (κ3) is 5.76. The van der Waals surface area contributed by atoms with Gasteiger partial charge in [0.1, 0.15) is 11.8 Å². The summed E-state index contributed by atoms with van der Waals surface area (Å²) in [7, 11) is 0. The summed E-state index contributed by atoms with van der Waals surface area (Å²) >= 11 is 0. The van der Waals surface area contributed by atoms with Crippen molar-refractivity contribution < 1.29 is 19.4 Å². The van der Waals surface area contributed by atoms with Crippen molar-refractivity contribution in [1.29, 1.82) is 0 Å². The Kier molecular flexibility index (Phi) is 7.12. The number of aliphatic carboxylic acids is 1. The van der Waals surface area contributed by atoms with Gasteiger partial charge < -0.3 is 26.2 Å². The van der Waals surface area contributed by atoms with E-state index in [0.717, 1.165) is 0 Å². The van der Waals surface area contributed by atoms with Crippen LogP contribution in [0.25, 0.3) is 5.52 Å². The molecule has 3 aromatic rings. The van der Waals surface area contributed by atoms with E-state index in [1.807, 2.05) is 0 Å². The summed E-state index contributed by atoms with van der Waals surface area (Å²) in [6.45, 7) is 0.701. The Morgan fingerprint density at radius 2 is 2.00 bits per heavy atom. The lowest BCUT2D eigenvalue weighted by Gasteiger charge is -2.15. The Bertz CT molecular complexity index is 1120. The largest absolute Gasteiger partial charge is 0.492 e. The Morgan fingerprint density at radius 1 is 1.23 bits per heavy atom. The summed E-state index contributed by atoms with van der Waals surface area (Å²) in [5.74, 6) is -1.13. The van der Waals surface area contributed by atoms with Gasteiger partial charge in [-0.2, -0.15) is 0 Å². The minimum Gasteiger partial charge on any atom is -0.492 e. The minimum absolute atomic E-state index is 0.113. The number of fused-ring (bicyclic) bond motifs is 1. The molecule has 11 nitrogen and oxygen atoms in total. The van der Waals surface area contributed by atoms with E-state index < -0.39 is 23.5 Å². The van der Waals surface area contributed by atoms with Crippen LogP contribution in [0.4, 0.5) is 5.95 Å². The molecule has 0 saturated carbocycles. The summed E-state index contributed by atoms with van der Waals surface area (Å²) in [6.07, 6.45) is 5.16. The molecule has 0 aliphatic carbocycles. The quantitative estimate of drug-likeness (QED) is 0.330. The number of hydrogen-bond acceptors (Lipinski definition) is 8. The summed E-state index contributed by atoms with van der Waals surface area (Å²) in [5, 5.41) is 14.5. The van der Waals surface area contributed by atoms with Gasteiger partial charge in [0.05, 0.1) is 12.8 Å². The van der Waals surface area contributed by atoms with Crippen LogP contribution in [0.5, 0.6) is 5.75 Å². The van der Waals surface area contributed by atoms with Gasteiger partial charge in [0.25, 0.3) is 11.5 Å². The summed E-state index contributed by atoms with van der Waals surface area (Å²) in [5.41, 5.74) is 5.62. The molecule has 0 saturated heterocycles. The van der Waals surface area contributed by atoms with E-state index in [-0.39, 0.29) is 18.1 Å². The first-order valence-corrected chi connectivity index (χ1v) is 9.52. The number of rotatable bonds is 10. The van der Waals surface area contributed by atoms with E-state index in [9.17, 15) is 19.5 Å². The highest BCUT2D eigenvalue weighted by Gasteiger charge is 2.20. The maximum absolute atomic E-state index is 12.5. The number of carboxylic acids is 1. The minimum atomic E-state index is -1.19. The molecule has 1 atom stereocenters. The first-order chi connectivity index (χ1) is 15.0. The molecule has 0 fully saturated rings. The van der Waals surface area contributed by atoms with Gasteiger partial charge in [-0.05, 0) is 37.2 Å². The number of carboxylic acid groups (broad SMARTS) is 1. The summed E-state index contributed by atoms with van der Waals surface area (Å²) in [6, 6.07) is 6.50. The van der Waals surface area contributed by atoms with Gasteiger partial charge >= 0.3 is 5.97 Å². The van der Waals surface area contributed by atoms with Crippen molar-refractivity contribution in [2.45, 2.75) is 12.5 Å². The monoisotopic (exact) mass is 426 g/mol. The number of nitrogens with zero attached hydrogens (tertiary/aromatic N) is 3. The van der Waals surface area contributed by atoms with Crippen molar-refractivity contribution >= 4 is 23.3 Å². The second kappa shape index (κ2) is 10.2. The fourth-order valence-electron chi connectivity index (χ4n) is 2.72. The fourth-order valence-corrected chi connectivity index (χ4v) is 2.72. The number of amides is 1. The van der Waals surface area contributed by atoms with Crippen LogP contribution in [0.3, 0.4) is 0 Å². The van der Waals surface area contributed by atoms with Crippen LogP contribution >= 0.6 is 0 Å². The van der Waals surface area contributed by atoms with Crippen LogP contribution in [-0.2, 0) is 4.79 Å². The maximum Gasteiger partial charge on any atom is 0.328 e. The van der Waals surface area contributed by atoms with E-state index in [1.54, 1.807) is 24.4 Å². The number of anilines is 1. The predicted molar refractivity (Wildman–Crippen MR) is 112 cm³/mol. The molecule has 3 rings (SSSR count). The number of aromatic nitrogens is 3. The van der Waals surface area contributed by atoms with Crippen LogP contribution in [0.1, 0.15) is 16.8 Å². The standard InChI is InChI=1S/C20H22N6O5/c21-5-1-8-31-15-4-3-14-9-13(10-17(27)26(14)12-15)18(28)24-11-16(19(29)30)25-20-22-6-2-7-23-20/h2-4,6-7,9-10,12,16H,1,5,8,11,21H2,(H,24,28)(H,29,30)(H,22,23,25). The van der Waals surface area contributed by atoms with E-state index in [4.69, 9.17) is 10.5 Å². The molecule has 0 aliphatic heterocycles. The number of carbonyl (C=O) groups is 2. The molecule has 0 bridgehead atoms. The van der Waals surface area contributed by atoms with Crippen LogP contribution in [0.15, 0.2) is 53.7 Å². The topological polar surface area (TPSA) is 161 Å². The zero-order chi connectivity index (χ0) is 22.2. The number of nitrogens with two attached hydrogens (primary N) is 1. The zero-order valence-corrected chi connectivity index (χ0v) is 16.5. The van der Waals surface area contributed by atoms with E-state index >= 15 is 0 Å². The molecule has 11 heteroatoms. The summed E-state index contributed by atoms with van der Waals surface area (Å²) < 4.78 is 6.90. The molecule has 0 spiro atoms. The zero-order valence-electron chi connectivity index (χ0n) is 16.5. The molecule has 5 N–H and O–H groups in total. The first-order valence-electron chi connectivity index (χ1n) is 9.52. The van der Waals surface area contributed by atoms with Crippen LogP contribution in [-0.4, -0.2) is 57.1 Å². The van der Waals surface area contributed by atoms with Crippen LogP contribution in [0.2, 0.25) is 0 Å². The van der Waals surface area contributed by atoms with Gasteiger partial charge in [0.15, 0.2) is 0 Å². The van der Waals surface area contributed by atoms with E-state index in [0.29, 0.717) is 30.8 Å². The molecule has 31 heavy (non-hydrogen) atoms. The lowest BCUT2D eigenvalue weighted by molar-refractivity contribution is -0.137. The van der Waals surface area contributed by atoms with Crippen LogP contribution in [0, 0.1) is 0 Å². The number of nitrogens with one attached hydrogen (secondary N) is 2. The smallest absolute Gasteiger partial charge is 0.328 e. The highest BCUT2D eigenvalue weighted by molar-refractivity contribution is 5.95. The van der Waals surface area contributed by atoms with Crippen molar-refractivity contribution in [3.8, 4) is 5.75 Å². The highest BCUT2D eigenvalue weighted by Crippen LogP contribution is 2.13. The Balaban J connectivity index is 1.70. The van der Waals surface area contributed by atoms with Gasteiger partial charge in [0, 0.05) is 36.1 Å². The average Bonchev–Trinajstić information content (AvgIpc) is 2.77. The van der Waals surface area contributed by atoms with Gasteiger partial charge in [-0.15, -0.1) is 0 Å². The third-order valence-corrected chi connectivity index (χ3v) is 4.29. The number of carbonyl (C=O) groups excluding carboxylic acids is 1. The molecule has 0 aromatic carbocycles. The Labute approximate surface area is 176 Å². The van der Waals surface area contributed by atoms with Crippen molar-refractivity contribution in [2.24, 2.45) is 5.73 Å².